The van der Waals surface area contributed by atoms with Gasteiger partial charge < -0.3 is 4.74 Å². The van der Waals surface area contributed by atoms with E-state index < -0.39 is 0 Å². The van der Waals surface area contributed by atoms with Gasteiger partial charge in [0, 0.05) is 7.11 Å². The summed E-state index contributed by atoms with van der Waals surface area (Å²) in [4.78, 5) is 0. The fraction of sp³-hybridized carbons (Fsp3) is 0.538. The van der Waals surface area contributed by atoms with Gasteiger partial charge in [-0.15, -0.1) is 6.58 Å². The van der Waals surface area contributed by atoms with Gasteiger partial charge in [0.25, 0.3) is 0 Å². The summed E-state index contributed by atoms with van der Waals surface area (Å²) < 4.78 is 5.14. The zero-order valence-electron chi connectivity index (χ0n) is 9.46. The molecule has 0 aliphatic carbocycles. The smallest absolute Gasteiger partial charge is 0.0676 e. The third kappa shape index (κ3) is 7.81. The molecule has 0 heterocycles. The lowest BCUT2D eigenvalue weighted by Crippen LogP contribution is -1.93. The number of hydrogen-bond acceptors (Lipinski definition) is 1. The molecule has 80 valence electrons. The Kier molecular flexibility index (Phi) is 9.66. The Morgan fingerprint density at radius 3 is 2.71 bits per heavy atom. The van der Waals surface area contributed by atoms with Gasteiger partial charge in [0.2, 0.25) is 0 Å². The number of methoxy groups -OCH3 is 1. The maximum absolute atomic E-state index is 5.14. The molecule has 1 nitrogen and oxygen atoms in total. The van der Waals surface area contributed by atoms with Crippen molar-refractivity contribution in [1.82, 2.24) is 0 Å². The Hall–Kier alpha value is -0.820. The lowest BCUT2D eigenvalue weighted by atomic mass is 10.1. The van der Waals surface area contributed by atoms with Crippen molar-refractivity contribution < 1.29 is 4.74 Å². The van der Waals surface area contributed by atoms with Gasteiger partial charge in [0.05, 0.1) is 6.61 Å². The van der Waals surface area contributed by atoms with E-state index >= 15 is 0 Å². The second kappa shape index (κ2) is 10.3. The molecule has 0 atom stereocenters. The van der Waals surface area contributed by atoms with Crippen molar-refractivity contribution >= 4 is 0 Å². The fourth-order valence-electron chi connectivity index (χ4n) is 1.22. The summed E-state index contributed by atoms with van der Waals surface area (Å²) in [5.74, 6) is 0. The van der Waals surface area contributed by atoms with Crippen LogP contribution in [-0.4, -0.2) is 13.7 Å². The SMILES string of the molecule is C=CCCCC=C(CC=CC)COC. The van der Waals surface area contributed by atoms with Gasteiger partial charge in [0.1, 0.15) is 0 Å². The molecular formula is C13H22O. The summed E-state index contributed by atoms with van der Waals surface area (Å²) in [5.41, 5.74) is 1.37. The number of hydrogen-bond donors (Lipinski definition) is 0. The van der Waals surface area contributed by atoms with Gasteiger partial charge >= 0.3 is 0 Å². The molecule has 0 saturated carbocycles. The highest BCUT2D eigenvalue weighted by molar-refractivity contribution is 5.07. The average Bonchev–Trinajstić information content (AvgIpc) is 2.20. The third-order valence-electron chi connectivity index (χ3n) is 1.99. The van der Waals surface area contributed by atoms with Gasteiger partial charge in [-0.3, -0.25) is 0 Å². The van der Waals surface area contributed by atoms with Crippen molar-refractivity contribution in [2.75, 3.05) is 13.7 Å². The van der Waals surface area contributed by atoms with Gasteiger partial charge in [-0.2, -0.15) is 0 Å². The van der Waals surface area contributed by atoms with Gasteiger partial charge in [0.15, 0.2) is 0 Å². The standard InChI is InChI=1S/C13H22O/c1-4-6-8-9-11-13(12-14-3)10-7-5-2/h4-5,7,11H,1,6,8-10,12H2,2-3H3. The third-order valence-corrected chi connectivity index (χ3v) is 1.99. The summed E-state index contributed by atoms with van der Waals surface area (Å²) in [6.07, 6.45) is 12.9. The first-order chi connectivity index (χ1) is 6.85. The molecule has 14 heavy (non-hydrogen) atoms. The predicted octanol–water partition coefficient (Wildman–Crippen LogP) is 3.88. The number of rotatable bonds is 8. The van der Waals surface area contributed by atoms with Crippen LogP contribution in [0.15, 0.2) is 36.5 Å². The molecule has 0 aromatic carbocycles. The fourth-order valence-corrected chi connectivity index (χ4v) is 1.22. The van der Waals surface area contributed by atoms with Gasteiger partial charge in [-0.1, -0.05) is 24.3 Å². The van der Waals surface area contributed by atoms with Crippen molar-refractivity contribution in [3.05, 3.63) is 36.5 Å². The molecule has 0 spiro atoms. The summed E-state index contributed by atoms with van der Waals surface area (Å²) in [7, 11) is 1.74. The summed E-state index contributed by atoms with van der Waals surface area (Å²) in [6, 6.07) is 0. The topological polar surface area (TPSA) is 9.23 Å². The first-order valence-corrected chi connectivity index (χ1v) is 5.24. The maximum Gasteiger partial charge on any atom is 0.0676 e. The van der Waals surface area contributed by atoms with E-state index in [1.807, 2.05) is 13.0 Å². The average molecular weight is 194 g/mol. The van der Waals surface area contributed by atoms with Crippen LogP contribution in [0.1, 0.15) is 32.6 Å². The highest BCUT2D eigenvalue weighted by atomic mass is 16.5. The van der Waals surface area contributed by atoms with Crippen LogP contribution < -0.4 is 0 Å². The monoisotopic (exact) mass is 194 g/mol. The van der Waals surface area contributed by atoms with Crippen LogP contribution in [0, 0.1) is 0 Å². The molecule has 0 N–H and O–H groups in total. The zero-order chi connectivity index (χ0) is 10.6. The lowest BCUT2D eigenvalue weighted by molar-refractivity contribution is 0.224. The van der Waals surface area contributed by atoms with E-state index in [1.165, 1.54) is 12.0 Å². The van der Waals surface area contributed by atoms with Crippen LogP contribution in [0.2, 0.25) is 0 Å². The van der Waals surface area contributed by atoms with Crippen LogP contribution in [0.3, 0.4) is 0 Å². The first kappa shape index (κ1) is 13.2. The second-order valence-electron chi connectivity index (χ2n) is 3.29. The molecule has 0 aliphatic rings. The van der Waals surface area contributed by atoms with Crippen LogP contribution in [0.4, 0.5) is 0 Å². The molecule has 0 fully saturated rings. The van der Waals surface area contributed by atoms with E-state index in [0.717, 1.165) is 25.9 Å². The van der Waals surface area contributed by atoms with Crippen molar-refractivity contribution in [1.29, 1.82) is 0 Å². The van der Waals surface area contributed by atoms with Crippen molar-refractivity contribution in [2.45, 2.75) is 32.6 Å². The summed E-state index contributed by atoms with van der Waals surface area (Å²) >= 11 is 0. The number of allylic oxidation sites excluding steroid dienone is 4. The van der Waals surface area contributed by atoms with E-state index in [0.29, 0.717) is 0 Å². The van der Waals surface area contributed by atoms with E-state index in [4.69, 9.17) is 4.74 Å². The van der Waals surface area contributed by atoms with E-state index in [2.05, 4.69) is 24.8 Å². The van der Waals surface area contributed by atoms with Crippen molar-refractivity contribution in [3.8, 4) is 0 Å². The second-order valence-corrected chi connectivity index (χ2v) is 3.29. The molecule has 0 aromatic heterocycles. The van der Waals surface area contributed by atoms with Crippen LogP contribution in [0.5, 0.6) is 0 Å². The lowest BCUT2D eigenvalue weighted by Gasteiger charge is -2.03. The number of unbranched alkanes of at least 4 members (excludes halogenated alkanes) is 2. The molecule has 1 heteroatoms. The van der Waals surface area contributed by atoms with Gasteiger partial charge in [-0.25, -0.2) is 0 Å². The minimum absolute atomic E-state index is 0.748. The quantitative estimate of drug-likeness (QED) is 0.421. The Bertz CT molecular complexity index is 189. The molecule has 0 amide bonds. The number of ether oxygens (including phenoxy) is 1. The van der Waals surface area contributed by atoms with E-state index in [-0.39, 0.29) is 0 Å². The van der Waals surface area contributed by atoms with Crippen LogP contribution >= 0.6 is 0 Å². The molecule has 0 aliphatic heterocycles. The summed E-state index contributed by atoms with van der Waals surface area (Å²) in [5, 5.41) is 0. The normalized spacial score (nSPS) is 12.3. The molecule has 0 bridgehead atoms. The Labute approximate surface area is 88.2 Å². The first-order valence-electron chi connectivity index (χ1n) is 5.24. The zero-order valence-corrected chi connectivity index (χ0v) is 9.46. The maximum atomic E-state index is 5.14. The highest BCUT2D eigenvalue weighted by Crippen LogP contribution is 2.07. The van der Waals surface area contributed by atoms with Crippen molar-refractivity contribution in [3.63, 3.8) is 0 Å². The minimum Gasteiger partial charge on any atom is -0.380 e. The Morgan fingerprint density at radius 1 is 1.36 bits per heavy atom. The molecule has 0 radical (unpaired) electrons. The molecule has 0 rings (SSSR count). The van der Waals surface area contributed by atoms with Crippen LogP contribution in [-0.2, 0) is 4.74 Å². The molecule has 0 saturated heterocycles. The Balaban J connectivity index is 3.83. The largest absolute Gasteiger partial charge is 0.380 e. The Morgan fingerprint density at radius 2 is 2.14 bits per heavy atom. The van der Waals surface area contributed by atoms with E-state index in [9.17, 15) is 0 Å². The minimum atomic E-state index is 0.748. The highest BCUT2D eigenvalue weighted by Gasteiger charge is 1.93. The van der Waals surface area contributed by atoms with E-state index in [1.54, 1.807) is 7.11 Å². The predicted molar refractivity (Wildman–Crippen MR) is 63.4 cm³/mol. The molecule has 0 unspecified atom stereocenters. The molecular weight excluding hydrogens is 172 g/mol. The van der Waals surface area contributed by atoms with Gasteiger partial charge in [-0.05, 0) is 38.2 Å². The molecule has 0 aromatic rings. The summed E-state index contributed by atoms with van der Waals surface area (Å²) in [6.45, 7) is 6.50. The van der Waals surface area contributed by atoms with Crippen molar-refractivity contribution in [2.24, 2.45) is 0 Å². The van der Waals surface area contributed by atoms with Crippen LogP contribution in [0.25, 0.3) is 0 Å².